The number of nitrogens with zero attached hydrogens (tertiary/aromatic N) is 1. The van der Waals surface area contributed by atoms with Crippen LogP contribution in [0.2, 0.25) is 5.02 Å². The molecule has 0 aliphatic heterocycles. The second-order valence-electron chi connectivity index (χ2n) is 3.69. The van der Waals surface area contributed by atoms with Crippen LogP contribution >= 0.6 is 27.5 Å². The van der Waals surface area contributed by atoms with Gasteiger partial charge >= 0.3 is 0 Å². The van der Waals surface area contributed by atoms with Crippen LogP contribution in [0.4, 0.5) is 4.39 Å². The fourth-order valence-corrected chi connectivity index (χ4v) is 2.16. The van der Waals surface area contributed by atoms with Gasteiger partial charge in [0.1, 0.15) is 5.82 Å². The van der Waals surface area contributed by atoms with Gasteiger partial charge in [0.25, 0.3) is 0 Å². The van der Waals surface area contributed by atoms with E-state index in [0.717, 1.165) is 18.4 Å². The molecule has 1 aromatic carbocycles. The van der Waals surface area contributed by atoms with Gasteiger partial charge in [-0.1, -0.05) is 33.6 Å². The molecule has 0 aromatic heterocycles. The molecule has 0 saturated carbocycles. The van der Waals surface area contributed by atoms with Gasteiger partial charge in [0.2, 0.25) is 0 Å². The Hall–Kier alpha value is -0.160. The number of rotatable bonds is 7. The van der Waals surface area contributed by atoms with E-state index in [1.165, 1.54) is 6.07 Å². The third-order valence-electron chi connectivity index (χ3n) is 2.42. The minimum Gasteiger partial charge on any atom is -0.383 e. The summed E-state index contributed by atoms with van der Waals surface area (Å²) >= 11 is 9.11. The maximum absolute atomic E-state index is 13.6. The fourth-order valence-electron chi connectivity index (χ4n) is 1.50. The van der Waals surface area contributed by atoms with Gasteiger partial charge in [-0.3, -0.25) is 4.90 Å². The standard InChI is InChI=1S/C12H16BrClFNO/c1-17-7-6-16(5-4-13)9-10-2-3-11(14)8-12(10)15/h2-3,8H,4-7,9H2,1H3. The van der Waals surface area contributed by atoms with Crippen LogP contribution in [0.25, 0.3) is 0 Å². The molecule has 0 amide bonds. The number of hydrogen-bond acceptors (Lipinski definition) is 2. The fraction of sp³-hybridized carbons (Fsp3) is 0.500. The Labute approximate surface area is 115 Å². The largest absolute Gasteiger partial charge is 0.383 e. The highest BCUT2D eigenvalue weighted by molar-refractivity contribution is 9.09. The Kier molecular flexibility index (Phi) is 7.04. The molecule has 5 heteroatoms. The van der Waals surface area contributed by atoms with Crippen molar-refractivity contribution in [1.82, 2.24) is 4.90 Å². The first kappa shape index (κ1) is 14.9. The zero-order chi connectivity index (χ0) is 12.7. The normalized spacial score (nSPS) is 11.1. The van der Waals surface area contributed by atoms with Gasteiger partial charge in [0, 0.05) is 42.7 Å². The van der Waals surface area contributed by atoms with Gasteiger partial charge in [0.05, 0.1) is 6.61 Å². The van der Waals surface area contributed by atoms with E-state index in [4.69, 9.17) is 16.3 Å². The van der Waals surface area contributed by atoms with Crippen LogP contribution < -0.4 is 0 Å². The van der Waals surface area contributed by atoms with Gasteiger partial charge in [-0.15, -0.1) is 0 Å². The Morgan fingerprint density at radius 1 is 1.41 bits per heavy atom. The van der Waals surface area contributed by atoms with Crippen LogP contribution in [0, 0.1) is 5.82 Å². The summed E-state index contributed by atoms with van der Waals surface area (Å²) in [5, 5.41) is 1.28. The Morgan fingerprint density at radius 3 is 2.76 bits per heavy atom. The molecule has 1 rings (SSSR count). The lowest BCUT2D eigenvalue weighted by molar-refractivity contribution is 0.147. The summed E-state index contributed by atoms with van der Waals surface area (Å²) in [4.78, 5) is 2.13. The topological polar surface area (TPSA) is 12.5 Å². The Balaban J connectivity index is 2.64. The SMILES string of the molecule is COCCN(CCBr)Cc1ccc(Cl)cc1F. The molecular formula is C12H16BrClFNO. The number of hydrogen-bond donors (Lipinski definition) is 0. The quantitative estimate of drug-likeness (QED) is 0.713. The maximum atomic E-state index is 13.6. The highest BCUT2D eigenvalue weighted by atomic mass is 79.9. The third-order valence-corrected chi connectivity index (χ3v) is 3.01. The number of ether oxygens (including phenoxy) is 1. The first-order valence-electron chi connectivity index (χ1n) is 5.38. The third kappa shape index (κ3) is 5.34. The number of alkyl halides is 1. The van der Waals surface area contributed by atoms with Crippen LogP contribution in [-0.2, 0) is 11.3 Å². The molecule has 96 valence electrons. The molecule has 17 heavy (non-hydrogen) atoms. The van der Waals surface area contributed by atoms with Crippen LogP contribution in [0.3, 0.4) is 0 Å². The molecule has 0 unspecified atom stereocenters. The summed E-state index contributed by atoms with van der Waals surface area (Å²) in [6.07, 6.45) is 0. The van der Waals surface area contributed by atoms with Gasteiger partial charge in [-0.05, 0) is 12.1 Å². The van der Waals surface area contributed by atoms with Crippen molar-refractivity contribution in [3.05, 3.63) is 34.6 Å². The summed E-state index contributed by atoms with van der Waals surface area (Å²) in [5.41, 5.74) is 0.659. The van der Waals surface area contributed by atoms with Gasteiger partial charge < -0.3 is 4.74 Å². The van der Waals surface area contributed by atoms with E-state index in [-0.39, 0.29) is 5.82 Å². The maximum Gasteiger partial charge on any atom is 0.129 e. The van der Waals surface area contributed by atoms with E-state index in [1.54, 1.807) is 19.2 Å². The van der Waals surface area contributed by atoms with Crippen LogP contribution in [0.15, 0.2) is 18.2 Å². The molecule has 0 radical (unpaired) electrons. The zero-order valence-electron chi connectivity index (χ0n) is 9.76. The molecule has 0 spiro atoms. The minimum absolute atomic E-state index is 0.255. The molecule has 0 bridgehead atoms. The minimum atomic E-state index is -0.255. The second-order valence-corrected chi connectivity index (χ2v) is 4.92. The van der Waals surface area contributed by atoms with Crippen molar-refractivity contribution < 1.29 is 9.13 Å². The van der Waals surface area contributed by atoms with Crippen molar-refractivity contribution >= 4 is 27.5 Å². The number of benzene rings is 1. The lowest BCUT2D eigenvalue weighted by Crippen LogP contribution is -2.29. The molecule has 0 heterocycles. The lowest BCUT2D eigenvalue weighted by Gasteiger charge is -2.21. The summed E-state index contributed by atoms with van der Waals surface area (Å²) in [7, 11) is 1.66. The van der Waals surface area contributed by atoms with Gasteiger partial charge in [0.15, 0.2) is 0 Å². The molecule has 0 atom stereocenters. The summed E-state index contributed by atoms with van der Waals surface area (Å²) in [6, 6.07) is 4.79. The van der Waals surface area contributed by atoms with Crippen molar-refractivity contribution in [2.24, 2.45) is 0 Å². The average Bonchev–Trinajstić information content (AvgIpc) is 2.29. The van der Waals surface area contributed by atoms with Crippen molar-refractivity contribution in [1.29, 1.82) is 0 Å². The molecule has 0 aliphatic rings. The Morgan fingerprint density at radius 2 is 2.18 bits per heavy atom. The molecule has 0 aliphatic carbocycles. The zero-order valence-corrected chi connectivity index (χ0v) is 12.1. The monoisotopic (exact) mass is 323 g/mol. The smallest absolute Gasteiger partial charge is 0.129 e. The second kappa shape index (κ2) is 8.03. The summed E-state index contributed by atoms with van der Waals surface area (Å²) in [6.45, 7) is 2.84. The average molecular weight is 325 g/mol. The predicted molar refractivity (Wildman–Crippen MR) is 72.4 cm³/mol. The van der Waals surface area contributed by atoms with Crippen molar-refractivity contribution in [2.75, 3.05) is 32.1 Å². The van der Waals surface area contributed by atoms with Gasteiger partial charge in [-0.2, -0.15) is 0 Å². The van der Waals surface area contributed by atoms with E-state index >= 15 is 0 Å². The van der Waals surface area contributed by atoms with Crippen LogP contribution in [0.5, 0.6) is 0 Å². The predicted octanol–water partition coefficient (Wildman–Crippen LogP) is 3.32. The Bertz CT molecular complexity index is 351. The lowest BCUT2D eigenvalue weighted by atomic mass is 10.2. The first-order chi connectivity index (χ1) is 8.17. The number of halogens is 3. The molecule has 0 saturated heterocycles. The van der Waals surface area contributed by atoms with Crippen LogP contribution in [-0.4, -0.2) is 37.0 Å². The number of methoxy groups -OCH3 is 1. The molecule has 2 nitrogen and oxygen atoms in total. The first-order valence-corrected chi connectivity index (χ1v) is 6.88. The summed E-state index contributed by atoms with van der Waals surface area (Å²) in [5.74, 6) is -0.255. The molecule has 0 fully saturated rings. The molecule has 0 N–H and O–H groups in total. The van der Waals surface area contributed by atoms with E-state index in [0.29, 0.717) is 23.7 Å². The van der Waals surface area contributed by atoms with Crippen LogP contribution in [0.1, 0.15) is 5.56 Å². The van der Waals surface area contributed by atoms with E-state index < -0.39 is 0 Å². The van der Waals surface area contributed by atoms with E-state index in [2.05, 4.69) is 20.8 Å². The van der Waals surface area contributed by atoms with Crippen molar-refractivity contribution in [3.8, 4) is 0 Å². The van der Waals surface area contributed by atoms with Crippen molar-refractivity contribution in [3.63, 3.8) is 0 Å². The highest BCUT2D eigenvalue weighted by Gasteiger charge is 2.09. The summed E-state index contributed by atoms with van der Waals surface area (Å²) < 4.78 is 18.7. The van der Waals surface area contributed by atoms with E-state index in [9.17, 15) is 4.39 Å². The van der Waals surface area contributed by atoms with E-state index in [1.807, 2.05) is 0 Å². The highest BCUT2D eigenvalue weighted by Crippen LogP contribution is 2.16. The van der Waals surface area contributed by atoms with Crippen molar-refractivity contribution in [2.45, 2.75) is 6.54 Å². The molecular weight excluding hydrogens is 308 g/mol. The molecule has 1 aromatic rings. The van der Waals surface area contributed by atoms with Gasteiger partial charge in [-0.25, -0.2) is 4.39 Å².